The maximum atomic E-state index is 10.8. The zero-order chi connectivity index (χ0) is 20.4. The van der Waals surface area contributed by atoms with Crippen LogP contribution in [0.25, 0.3) is 26.6 Å². The lowest BCUT2D eigenvalue weighted by Gasteiger charge is -2.27. The maximum Gasteiger partial charge on any atom is 0.269 e. The summed E-state index contributed by atoms with van der Waals surface area (Å²) in [6, 6.07) is 10.5. The fourth-order valence-corrected chi connectivity index (χ4v) is 4.21. The molecule has 0 atom stereocenters. The third-order valence-corrected chi connectivity index (χ3v) is 5.62. The highest BCUT2D eigenvalue weighted by atomic mass is 32.1. The van der Waals surface area contributed by atoms with Crippen LogP contribution in [-0.2, 0) is 4.74 Å². The van der Waals surface area contributed by atoms with Crippen molar-refractivity contribution in [3.05, 3.63) is 52.7 Å². The number of ether oxygens (including phenoxy) is 1. The zero-order valence-electron chi connectivity index (χ0n) is 16.2. The second-order valence-corrected chi connectivity index (χ2v) is 7.23. The molecule has 150 valence electrons. The van der Waals surface area contributed by atoms with Gasteiger partial charge in [-0.15, -0.1) is 0 Å². The average Bonchev–Trinajstić information content (AvgIpc) is 3.33. The molecular formula is C20H21N5O3S. The second-order valence-electron chi connectivity index (χ2n) is 6.28. The highest BCUT2D eigenvalue weighted by Crippen LogP contribution is 2.30. The van der Waals surface area contributed by atoms with E-state index in [2.05, 4.69) is 16.0 Å². The van der Waals surface area contributed by atoms with E-state index in [0.29, 0.717) is 0 Å². The minimum atomic E-state index is -0.402. The van der Waals surface area contributed by atoms with E-state index in [0.717, 1.165) is 58.7 Å². The van der Waals surface area contributed by atoms with Gasteiger partial charge >= 0.3 is 0 Å². The van der Waals surface area contributed by atoms with Crippen LogP contribution < -0.4 is 4.90 Å². The number of morpholine rings is 1. The maximum absolute atomic E-state index is 10.8. The van der Waals surface area contributed by atoms with Crippen LogP contribution in [0.2, 0.25) is 0 Å². The molecular weight excluding hydrogens is 390 g/mol. The van der Waals surface area contributed by atoms with Crippen molar-refractivity contribution in [1.82, 2.24) is 14.4 Å². The molecule has 29 heavy (non-hydrogen) atoms. The van der Waals surface area contributed by atoms with Crippen LogP contribution in [0.15, 0.2) is 42.6 Å². The zero-order valence-corrected chi connectivity index (χ0v) is 17.1. The van der Waals surface area contributed by atoms with Crippen LogP contribution in [-0.4, -0.2) is 45.6 Å². The number of fused-ring (bicyclic) bond motifs is 3. The van der Waals surface area contributed by atoms with Gasteiger partial charge in [-0.3, -0.25) is 14.5 Å². The molecule has 0 radical (unpaired) electrons. The molecule has 0 aliphatic carbocycles. The Bertz CT molecular complexity index is 1150. The SMILES string of the molecule is CC.O=[N+]([O-])c1ccc(-c2cn3c(n2)sc2nc(N4CCOCC4)ccc23)cc1. The molecule has 4 heterocycles. The molecule has 0 unspecified atom stereocenters. The molecule has 0 bridgehead atoms. The standard InChI is InChI=1S/C18H15N5O3S.C2H6/c24-23(25)13-3-1-12(2-4-13)14-11-22-15-5-6-16(21-7-9-26-10-8-21)20-17(15)27-18(22)19-14;1-2/h1-6,11H,7-10H2;1-2H3. The van der Waals surface area contributed by atoms with Gasteiger partial charge in [0.1, 0.15) is 10.6 Å². The Hall–Kier alpha value is -3.04. The summed E-state index contributed by atoms with van der Waals surface area (Å²) in [4.78, 5) is 23.9. The topological polar surface area (TPSA) is 85.8 Å². The number of hydrogen-bond acceptors (Lipinski definition) is 7. The summed E-state index contributed by atoms with van der Waals surface area (Å²) >= 11 is 1.54. The van der Waals surface area contributed by atoms with E-state index in [1.807, 2.05) is 30.5 Å². The number of rotatable bonds is 3. The summed E-state index contributed by atoms with van der Waals surface area (Å²) in [6.45, 7) is 7.16. The third kappa shape index (κ3) is 3.66. The summed E-state index contributed by atoms with van der Waals surface area (Å²) in [5.74, 6) is 0.964. The van der Waals surface area contributed by atoms with Crippen molar-refractivity contribution >= 4 is 38.2 Å². The van der Waals surface area contributed by atoms with E-state index in [4.69, 9.17) is 9.72 Å². The normalized spacial score (nSPS) is 14.1. The van der Waals surface area contributed by atoms with Gasteiger partial charge in [-0.1, -0.05) is 25.2 Å². The molecule has 0 N–H and O–H groups in total. The molecule has 1 aromatic carbocycles. The predicted octanol–water partition coefficient (Wildman–Crippen LogP) is 4.38. The summed E-state index contributed by atoms with van der Waals surface area (Å²) in [7, 11) is 0. The van der Waals surface area contributed by atoms with Crippen LogP contribution in [0.4, 0.5) is 11.5 Å². The third-order valence-electron chi connectivity index (χ3n) is 4.66. The second kappa shape index (κ2) is 8.14. The van der Waals surface area contributed by atoms with Crippen LogP contribution in [0.3, 0.4) is 0 Å². The number of aromatic nitrogens is 3. The number of nitro groups is 1. The minimum absolute atomic E-state index is 0.0741. The van der Waals surface area contributed by atoms with Crippen molar-refractivity contribution in [3.8, 4) is 11.3 Å². The Morgan fingerprint density at radius 1 is 1.07 bits per heavy atom. The number of thiazole rings is 1. The molecule has 8 nitrogen and oxygen atoms in total. The summed E-state index contributed by atoms with van der Waals surface area (Å²) < 4.78 is 7.42. The summed E-state index contributed by atoms with van der Waals surface area (Å²) in [5, 5.41) is 10.8. The predicted molar refractivity (Wildman–Crippen MR) is 115 cm³/mol. The van der Waals surface area contributed by atoms with Gasteiger partial charge in [0, 0.05) is 37.0 Å². The first kappa shape index (κ1) is 19.3. The Balaban J connectivity index is 0.000000994. The number of imidazole rings is 1. The highest BCUT2D eigenvalue weighted by molar-refractivity contribution is 7.23. The molecule has 1 aliphatic rings. The molecule has 1 aliphatic heterocycles. The van der Waals surface area contributed by atoms with Crippen molar-refractivity contribution in [1.29, 1.82) is 0 Å². The van der Waals surface area contributed by atoms with Gasteiger partial charge in [0.2, 0.25) is 0 Å². The van der Waals surface area contributed by atoms with Crippen molar-refractivity contribution < 1.29 is 9.66 Å². The van der Waals surface area contributed by atoms with Crippen LogP contribution in [0.1, 0.15) is 13.8 Å². The number of pyridine rings is 1. The number of nitro benzene ring substituents is 1. The average molecular weight is 411 g/mol. The van der Waals surface area contributed by atoms with Crippen molar-refractivity contribution in [2.45, 2.75) is 13.8 Å². The van der Waals surface area contributed by atoms with Gasteiger partial charge in [-0.05, 0) is 24.3 Å². The molecule has 1 fully saturated rings. The van der Waals surface area contributed by atoms with E-state index in [-0.39, 0.29) is 5.69 Å². The smallest absolute Gasteiger partial charge is 0.269 e. The van der Waals surface area contributed by atoms with E-state index < -0.39 is 4.92 Å². The van der Waals surface area contributed by atoms with Gasteiger partial charge in [0.15, 0.2) is 4.96 Å². The molecule has 3 aromatic heterocycles. The van der Waals surface area contributed by atoms with Gasteiger partial charge in [0.25, 0.3) is 5.69 Å². The molecule has 0 spiro atoms. The molecule has 9 heteroatoms. The number of anilines is 1. The van der Waals surface area contributed by atoms with Crippen LogP contribution in [0, 0.1) is 10.1 Å². The number of hydrogen-bond donors (Lipinski definition) is 0. The Labute approximate surface area is 171 Å². The van der Waals surface area contributed by atoms with Gasteiger partial charge in [-0.2, -0.15) is 0 Å². The van der Waals surface area contributed by atoms with Crippen LogP contribution >= 0.6 is 11.3 Å². The number of nitrogens with zero attached hydrogens (tertiary/aromatic N) is 5. The van der Waals surface area contributed by atoms with E-state index >= 15 is 0 Å². The lowest BCUT2D eigenvalue weighted by atomic mass is 10.1. The Morgan fingerprint density at radius 3 is 2.48 bits per heavy atom. The first-order chi connectivity index (χ1) is 14.2. The summed E-state index contributed by atoms with van der Waals surface area (Å²) in [6.07, 6.45) is 1.95. The van der Waals surface area contributed by atoms with Gasteiger partial charge in [-0.25, -0.2) is 9.97 Å². The lowest BCUT2D eigenvalue weighted by molar-refractivity contribution is -0.384. The Morgan fingerprint density at radius 2 is 1.79 bits per heavy atom. The quantitative estimate of drug-likeness (QED) is 0.367. The van der Waals surface area contributed by atoms with Crippen molar-refractivity contribution in [2.24, 2.45) is 0 Å². The van der Waals surface area contributed by atoms with Gasteiger partial charge < -0.3 is 9.64 Å². The molecule has 1 saturated heterocycles. The minimum Gasteiger partial charge on any atom is -0.378 e. The molecule has 0 amide bonds. The Kier molecular flexibility index (Phi) is 5.41. The molecule has 0 saturated carbocycles. The van der Waals surface area contributed by atoms with E-state index in [1.54, 1.807) is 12.1 Å². The first-order valence-electron chi connectivity index (χ1n) is 9.55. The molecule has 5 rings (SSSR count). The highest BCUT2D eigenvalue weighted by Gasteiger charge is 2.16. The lowest BCUT2D eigenvalue weighted by Crippen LogP contribution is -2.36. The van der Waals surface area contributed by atoms with Gasteiger partial charge in [0.05, 0.1) is 29.3 Å². The van der Waals surface area contributed by atoms with Crippen molar-refractivity contribution in [3.63, 3.8) is 0 Å². The van der Waals surface area contributed by atoms with Crippen molar-refractivity contribution in [2.75, 3.05) is 31.2 Å². The molecule has 4 aromatic rings. The fourth-order valence-electron chi connectivity index (χ4n) is 3.24. The monoisotopic (exact) mass is 411 g/mol. The number of non-ortho nitro benzene ring substituents is 1. The fraction of sp³-hybridized carbons (Fsp3) is 0.300. The van der Waals surface area contributed by atoms with Crippen LogP contribution in [0.5, 0.6) is 0 Å². The summed E-state index contributed by atoms with van der Waals surface area (Å²) in [5.41, 5.74) is 2.72. The van der Waals surface area contributed by atoms with E-state index in [1.165, 1.54) is 23.5 Å². The van der Waals surface area contributed by atoms with E-state index in [9.17, 15) is 10.1 Å². The first-order valence-corrected chi connectivity index (χ1v) is 10.4. The number of benzene rings is 1. The largest absolute Gasteiger partial charge is 0.378 e.